The number of carbonyl (C=O) groups excluding carboxylic acids is 1. The van der Waals surface area contributed by atoms with Gasteiger partial charge in [-0.1, -0.05) is 17.7 Å². The lowest BCUT2D eigenvalue weighted by Gasteiger charge is -2.35. The normalized spacial score (nSPS) is 14.8. The molecule has 0 unspecified atom stereocenters. The lowest BCUT2D eigenvalue weighted by Crippen LogP contribution is -2.49. The fourth-order valence-electron chi connectivity index (χ4n) is 3.67. The minimum Gasteiger partial charge on any atom is -0.353 e. The lowest BCUT2D eigenvalue weighted by atomic mass is 10.2. The Hall–Kier alpha value is -2.52. The van der Waals surface area contributed by atoms with Crippen molar-refractivity contribution in [1.29, 1.82) is 0 Å². The molecule has 162 valence electrons. The van der Waals surface area contributed by atoms with Gasteiger partial charge in [-0.2, -0.15) is 0 Å². The van der Waals surface area contributed by atoms with Crippen molar-refractivity contribution in [2.24, 2.45) is 0 Å². The summed E-state index contributed by atoms with van der Waals surface area (Å²) >= 11 is 0. The van der Waals surface area contributed by atoms with Crippen molar-refractivity contribution in [3.63, 3.8) is 0 Å². The summed E-state index contributed by atoms with van der Waals surface area (Å²) in [6.45, 7) is 10.1. The molecule has 8 nitrogen and oxygen atoms in total. The fourth-order valence-corrected chi connectivity index (χ4v) is 4.93. The molecule has 0 saturated carbocycles. The van der Waals surface area contributed by atoms with Crippen LogP contribution in [-0.4, -0.2) is 61.9 Å². The second-order valence-electron chi connectivity index (χ2n) is 7.70. The summed E-state index contributed by atoms with van der Waals surface area (Å²) in [5.74, 6) is 1.57. The van der Waals surface area contributed by atoms with E-state index >= 15 is 0 Å². The molecule has 1 fully saturated rings. The van der Waals surface area contributed by atoms with Gasteiger partial charge in [0.25, 0.3) is 0 Å². The van der Waals surface area contributed by atoms with Crippen LogP contribution < -0.4 is 9.62 Å². The molecule has 3 rings (SSSR count). The van der Waals surface area contributed by atoms with E-state index in [2.05, 4.69) is 19.6 Å². The van der Waals surface area contributed by atoms with Gasteiger partial charge in [-0.25, -0.2) is 23.1 Å². The van der Waals surface area contributed by atoms with Crippen molar-refractivity contribution in [2.45, 2.75) is 39.0 Å². The zero-order valence-electron chi connectivity index (χ0n) is 18.0. The molecule has 0 atom stereocenters. The van der Waals surface area contributed by atoms with Gasteiger partial charge in [0.05, 0.1) is 4.90 Å². The Kier molecular flexibility index (Phi) is 6.72. The largest absolute Gasteiger partial charge is 0.353 e. The second-order valence-corrected chi connectivity index (χ2v) is 9.43. The maximum atomic E-state index is 12.5. The van der Waals surface area contributed by atoms with Crippen LogP contribution in [0.1, 0.15) is 29.1 Å². The second kappa shape index (κ2) is 9.09. The van der Waals surface area contributed by atoms with Gasteiger partial charge in [-0.15, -0.1) is 0 Å². The number of hydrogen-bond donors (Lipinski definition) is 1. The number of anilines is 1. The van der Waals surface area contributed by atoms with Crippen LogP contribution in [0.4, 0.5) is 5.82 Å². The standard InChI is InChI=1S/C21H29N5O3S/c1-15-5-6-19(16(2)13-15)30(28,29)22-8-7-21(27)26-11-9-25(10-12-26)20-14-17(3)23-18(4)24-20/h5-6,13-14,22H,7-12H2,1-4H3. The molecule has 1 saturated heterocycles. The van der Waals surface area contributed by atoms with Gasteiger partial charge < -0.3 is 9.80 Å². The first-order chi connectivity index (χ1) is 14.2. The molecule has 2 aromatic rings. The molecule has 0 bridgehead atoms. The van der Waals surface area contributed by atoms with E-state index < -0.39 is 10.0 Å². The van der Waals surface area contributed by atoms with E-state index in [1.807, 2.05) is 32.9 Å². The van der Waals surface area contributed by atoms with Crippen LogP contribution in [0.2, 0.25) is 0 Å². The van der Waals surface area contributed by atoms with Gasteiger partial charge in [-0.3, -0.25) is 4.79 Å². The fraction of sp³-hybridized carbons (Fsp3) is 0.476. The van der Waals surface area contributed by atoms with Gasteiger partial charge in [-0.05, 0) is 39.3 Å². The summed E-state index contributed by atoms with van der Waals surface area (Å²) < 4.78 is 27.6. The minimum absolute atomic E-state index is 0.0481. The van der Waals surface area contributed by atoms with Crippen molar-refractivity contribution in [1.82, 2.24) is 19.6 Å². The molecule has 1 amide bonds. The Morgan fingerprint density at radius 2 is 1.73 bits per heavy atom. The highest BCUT2D eigenvalue weighted by molar-refractivity contribution is 7.89. The van der Waals surface area contributed by atoms with E-state index in [-0.39, 0.29) is 23.8 Å². The smallest absolute Gasteiger partial charge is 0.240 e. The van der Waals surface area contributed by atoms with E-state index in [9.17, 15) is 13.2 Å². The monoisotopic (exact) mass is 431 g/mol. The highest BCUT2D eigenvalue weighted by Crippen LogP contribution is 2.17. The topological polar surface area (TPSA) is 95.5 Å². The van der Waals surface area contributed by atoms with Crippen LogP contribution in [-0.2, 0) is 14.8 Å². The Bertz CT molecular complexity index is 1010. The third kappa shape index (κ3) is 5.34. The Morgan fingerprint density at radius 3 is 2.37 bits per heavy atom. The van der Waals surface area contributed by atoms with Crippen molar-refractivity contribution in [3.05, 3.63) is 46.9 Å². The first kappa shape index (κ1) is 22.2. The van der Waals surface area contributed by atoms with Crippen LogP contribution in [0.3, 0.4) is 0 Å². The number of nitrogens with zero attached hydrogens (tertiary/aromatic N) is 4. The maximum Gasteiger partial charge on any atom is 0.240 e. The number of amides is 1. The molecular formula is C21H29N5O3S. The molecule has 0 aliphatic carbocycles. The van der Waals surface area contributed by atoms with Gasteiger partial charge >= 0.3 is 0 Å². The number of nitrogens with one attached hydrogen (secondary N) is 1. The van der Waals surface area contributed by atoms with Crippen molar-refractivity contribution in [2.75, 3.05) is 37.6 Å². The van der Waals surface area contributed by atoms with Crippen LogP contribution in [0, 0.1) is 27.7 Å². The van der Waals surface area contributed by atoms with Crippen molar-refractivity contribution >= 4 is 21.7 Å². The summed E-state index contributed by atoms with van der Waals surface area (Å²) in [4.78, 5) is 25.5. The number of carbonyl (C=O) groups is 1. The molecule has 1 aromatic carbocycles. The summed E-state index contributed by atoms with van der Waals surface area (Å²) in [7, 11) is -3.63. The predicted molar refractivity (Wildman–Crippen MR) is 116 cm³/mol. The number of piperazine rings is 1. The zero-order valence-corrected chi connectivity index (χ0v) is 18.8. The maximum absolute atomic E-state index is 12.5. The van der Waals surface area contributed by atoms with Crippen LogP contribution in [0.25, 0.3) is 0 Å². The molecule has 9 heteroatoms. The number of benzene rings is 1. The number of aryl methyl sites for hydroxylation is 4. The quantitative estimate of drug-likeness (QED) is 0.748. The average Bonchev–Trinajstić information content (AvgIpc) is 2.67. The van der Waals surface area contributed by atoms with Gasteiger partial charge in [0.15, 0.2) is 0 Å². The molecule has 0 spiro atoms. The Labute approximate surface area is 178 Å². The highest BCUT2D eigenvalue weighted by atomic mass is 32.2. The van der Waals surface area contributed by atoms with Crippen LogP contribution in [0.15, 0.2) is 29.2 Å². The molecule has 1 aliphatic rings. The molecule has 2 heterocycles. The molecule has 1 aromatic heterocycles. The third-order valence-corrected chi connectivity index (χ3v) is 6.78. The molecule has 30 heavy (non-hydrogen) atoms. The molecular weight excluding hydrogens is 402 g/mol. The number of sulfonamides is 1. The Balaban J connectivity index is 1.50. The summed E-state index contributed by atoms with van der Waals surface area (Å²) in [6, 6.07) is 7.16. The SMILES string of the molecule is Cc1ccc(S(=O)(=O)NCCC(=O)N2CCN(c3cc(C)nc(C)n3)CC2)c(C)c1. The number of aromatic nitrogens is 2. The van der Waals surface area contributed by atoms with Gasteiger partial charge in [0, 0.05) is 50.9 Å². The van der Waals surface area contributed by atoms with Crippen LogP contribution >= 0.6 is 0 Å². The lowest BCUT2D eigenvalue weighted by molar-refractivity contribution is -0.131. The minimum atomic E-state index is -3.63. The summed E-state index contributed by atoms with van der Waals surface area (Å²) in [5, 5.41) is 0. The highest BCUT2D eigenvalue weighted by Gasteiger charge is 2.23. The number of hydrogen-bond acceptors (Lipinski definition) is 6. The van der Waals surface area contributed by atoms with Crippen molar-refractivity contribution < 1.29 is 13.2 Å². The van der Waals surface area contributed by atoms with E-state index in [4.69, 9.17) is 0 Å². The van der Waals surface area contributed by atoms with E-state index in [0.717, 1.165) is 22.9 Å². The van der Waals surface area contributed by atoms with E-state index in [1.165, 1.54) is 0 Å². The predicted octanol–water partition coefficient (Wildman–Crippen LogP) is 1.73. The molecule has 0 radical (unpaired) electrons. The van der Waals surface area contributed by atoms with Crippen LogP contribution in [0.5, 0.6) is 0 Å². The molecule has 1 aliphatic heterocycles. The summed E-state index contributed by atoms with van der Waals surface area (Å²) in [5.41, 5.74) is 2.63. The van der Waals surface area contributed by atoms with E-state index in [1.54, 1.807) is 24.0 Å². The Morgan fingerprint density at radius 1 is 1.03 bits per heavy atom. The van der Waals surface area contributed by atoms with Gasteiger partial charge in [0.1, 0.15) is 11.6 Å². The third-order valence-electron chi connectivity index (χ3n) is 5.16. The zero-order chi connectivity index (χ0) is 21.9. The first-order valence-corrected chi connectivity index (χ1v) is 11.6. The number of rotatable bonds is 6. The van der Waals surface area contributed by atoms with E-state index in [0.29, 0.717) is 31.7 Å². The van der Waals surface area contributed by atoms with Crippen molar-refractivity contribution in [3.8, 4) is 0 Å². The molecule has 1 N–H and O–H groups in total. The summed E-state index contributed by atoms with van der Waals surface area (Å²) in [6.07, 6.45) is 0.135. The van der Waals surface area contributed by atoms with Gasteiger partial charge in [0.2, 0.25) is 15.9 Å². The average molecular weight is 432 g/mol. The first-order valence-electron chi connectivity index (χ1n) is 10.1.